The maximum Gasteiger partial charge on any atom is 0.419 e. The summed E-state index contributed by atoms with van der Waals surface area (Å²) in [4.78, 5) is 11.2. The monoisotopic (exact) mass is 284 g/mol. The fraction of sp³-hybridized carbons (Fsp3) is 0.364. The Morgan fingerprint density at radius 1 is 1.39 bits per heavy atom. The van der Waals surface area contributed by atoms with Crippen LogP contribution < -0.4 is 0 Å². The molecule has 0 aliphatic carbocycles. The Balaban J connectivity index is 3.20. The molecule has 0 unspecified atom stereocenters. The standard InChI is InChI=1S/C11H9ClF4O2/c1-2-18-9(17)4-6-3-7(12)5-8(13)10(6)11(14,15)16/h3,5H,2,4H2,1H3. The summed E-state index contributed by atoms with van der Waals surface area (Å²) in [6.07, 6.45) is -5.57. The van der Waals surface area contributed by atoms with Gasteiger partial charge < -0.3 is 4.74 Å². The van der Waals surface area contributed by atoms with E-state index in [1.54, 1.807) is 0 Å². The van der Waals surface area contributed by atoms with Gasteiger partial charge in [-0.05, 0) is 24.6 Å². The number of hydrogen-bond acceptors (Lipinski definition) is 2. The second-order valence-corrected chi connectivity index (χ2v) is 3.84. The first-order valence-electron chi connectivity index (χ1n) is 4.96. The van der Waals surface area contributed by atoms with Crippen LogP contribution in [0, 0.1) is 5.82 Å². The first-order chi connectivity index (χ1) is 8.25. The summed E-state index contributed by atoms with van der Waals surface area (Å²) >= 11 is 5.47. The lowest BCUT2D eigenvalue weighted by molar-refractivity contribution is -0.144. The fourth-order valence-corrected chi connectivity index (χ4v) is 1.68. The van der Waals surface area contributed by atoms with E-state index in [1.807, 2.05) is 0 Å². The summed E-state index contributed by atoms with van der Waals surface area (Å²) in [5, 5.41) is -0.209. The molecular formula is C11H9ClF4O2. The summed E-state index contributed by atoms with van der Waals surface area (Å²) in [5.41, 5.74) is -2.02. The maximum atomic E-state index is 13.3. The molecule has 0 atom stereocenters. The highest BCUT2D eigenvalue weighted by atomic mass is 35.5. The Hall–Kier alpha value is -1.30. The minimum absolute atomic E-state index is 0.0310. The normalized spacial score (nSPS) is 11.4. The van der Waals surface area contributed by atoms with Gasteiger partial charge in [0, 0.05) is 5.02 Å². The van der Waals surface area contributed by atoms with E-state index in [4.69, 9.17) is 11.6 Å². The quantitative estimate of drug-likeness (QED) is 0.626. The Bertz CT molecular complexity index is 457. The van der Waals surface area contributed by atoms with Crippen LogP contribution in [0.15, 0.2) is 12.1 Å². The lowest BCUT2D eigenvalue weighted by atomic mass is 10.0. The maximum absolute atomic E-state index is 13.3. The van der Waals surface area contributed by atoms with Crippen molar-refractivity contribution in [2.45, 2.75) is 19.5 Å². The van der Waals surface area contributed by atoms with Crippen LogP contribution in [-0.4, -0.2) is 12.6 Å². The molecule has 7 heteroatoms. The van der Waals surface area contributed by atoms with Gasteiger partial charge in [0.05, 0.1) is 18.6 Å². The van der Waals surface area contributed by atoms with E-state index in [0.29, 0.717) is 6.07 Å². The van der Waals surface area contributed by atoms with Gasteiger partial charge in [0.1, 0.15) is 5.82 Å². The summed E-state index contributed by atoms with van der Waals surface area (Å²) < 4.78 is 55.7. The molecule has 1 aromatic rings. The smallest absolute Gasteiger partial charge is 0.419 e. The molecule has 100 valence electrons. The SMILES string of the molecule is CCOC(=O)Cc1cc(Cl)cc(F)c1C(F)(F)F. The average molecular weight is 285 g/mol. The molecule has 2 nitrogen and oxygen atoms in total. The van der Waals surface area contributed by atoms with Gasteiger partial charge >= 0.3 is 12.1 Å². The molecule has 0 aliphatic rings. The van der Waals surface area contributed by atoms with Crippen LogP contribution in [0.4, 0.5) is 17.6 Å². The number of benzene rings is 1. The number of rotatable bonds is 3. The van der Waals surface area contributed by atoms with Crippen LogP contribution in [0.1, 0.15) is 18.1 Å². The van der Waals surface area contributed by atoms with E-state index in [1.165, 1.54) is 6.92 Å². The zero-order valence-electron chi connectivity index (χ0n) is 9.28. The van der Waals surface area contributed by atoms with Gasteiger partial charge in [0.25, 0.3) is 0 Å². The van der Waals surface area contributed by atoms with Gasteiger partial charge in [0.2, 0.25) is 0 Å². The minimum atomic E-state index is -4.89. The van der Waals surface area contributed by atoms with Gasteiger partial charge in [-0.25, -0.2) is 4.39 Å². The molecule has 18 heavy (non-hydrogen) atoms. The van der Waals surface area contributed by atoms with Gasteiger partial charge in [0.15, 0.2) is 0 Å². The molecule has 0 bridgehead atoms. The van der Waals surface area contributed by atoms with Crippen LogP contribution in [0.3, 0.4) is 0 Å². The molecule has 0 heterocycles. The lowest BCUT2D eigenvalue weighted by Crippen LogP contribution is -2.16. The number of carbonyl (C=O) groups excluding carboxylic acids is 1. The largest absolute Gasteiger partial charge is 0.466 e. The number of hydrogen-bond donors (Lipinski definition) is 0. The Morgan fingerprint density at radius 3 is 2.50 bits per heavy atom. The molecule has 0 N–H and O–H groups in total. The molecule has 0 fully saturated rings. The number of esters is 1. The summed E-state index contributed by atoms with van der Waals surface area (Å²) in [6.45, 7) is 1.55. The predicted molar refractivity (Wildman–Crippen MR) is 56.7 cm³/mol. The number of carbonyl (C=O) groups is 1. The molecular weight excluding hydrogens is 276 g/mol. The molecule has 0 aliphatic heterocycles. The fourth-order valence-electron chi connectivity index (χ4n) is 1.45. The van der Waals surface area contributed by atoms with Crippen molar-refractivity contribution < 1.29 is 27.1 Å². The van der Waals surface area contributed by atoms with E-state index in [9.17, 15) is 22.4 Å². The van der Waals surface area contributed by atoms with Crippen molar-refractivity contribution in [2.24, 2.45) is 0 Å². The van der Waals surface area contributed by atoms with Crippen molar-refractivity contribution in [1.82, 2.24) is 0 Å². The molecule has 0 spiro atoms. The van der Waals surface area contributed by atoms with E-state index >= 15 is 0 Å². The number of ether oxygens (including phenoxy) is 1. The van der Waals surface area contributed by atoms with Gasteiger partial charge in [-0.1, -0.05) is 11.6 Å². The predicted octanol–water partition coefficient (Wildman–Crippen LogP) is 3.60. The average Bonchev–Trinajstić information content (AvgIpc) is 2.13. The minimum Gasteiger partial charge on any atom is -0.466 e. The number of halogens is 5. The Labute approximate surface area is 105 Å². The van der Waals surface area contributed by atoms with Crippen LogP contribution in [0.2, 0.25) is 5.02 Å². The van der Waals surface area contributed by atoms with Crippen molar-refractivity contribution in [1.29, 1.82) is 0 Å². The van der Waals surface area contributed by atoms with Crippen molar-refractivity contribution in [2.75, 3.05) is 6.61 Å². The van der Waals surface area contributed by atoms with E-state index in [0.717, 1.165) is 6.07 Å². The molecule has 0 saturated heterocycles. The lowest BCUT2D eigenvalue weighted by Gasteiger charge is -2.13. The van der Waals surface area contributed by atoms with Crippen molar-refractivity contribution in [3.8, 4) is 0 Å². The third-order valence-corrected chi connectivity index (χ3v) is 2.28. The first-order valence-corrected chi connectivity index (χ1v) is 5.34. The highest BCUT2D eigenvalue weighted by Crippen LogP contribution is 2.36. The van der Waals surface area contributed by atoms with E-state index < -0.39 is 35.5 Å². The van der Waals surface area contributed by atoms with Crippen molar-refractivity contribution in [3.63, 3.8) is 0 Å². The molecule has 0 saturated carbocycles. The second-order valence-electron chi connectivity index (χ2n) is 3.40. The van der Waals surface area contributed by atoms with Gasteiger partial charge in [-0.2, -0.15) is 13.2 Å². The zero-order valence-corrected chi connectivity index (χ0v) is 10.0. The molecule has 0 amide bonds. The van der Waals surface area contributed by atoms with E-state index in [2.05, 4.69) is 4.74 Å². The van der Waals surface area contributed by atoms with Gasteiger partial charge in [-0.3, -0.25) is 4.79 Å². The summed E-state index contributed by atoms with van der Waals surface area (Å²) in [5.74, 6) is -2.38. The third-order valence-electron chi connectivity index (χ3n) is 2.06. The van der Waals surface area contributed by atoms with Crippen LogP contribution in [0.25, 0.3) is 0 Å². The van der Waals surface area contributed by atoms with Crippen molar-refractivity contribution in [3.05, 3.63) is 34.1 Å². The highest BCUT2D eigenvalue weighted by molar-refractivity contribution is 6.30. The van der Waals surface area contributed by atoms with Crippen LogP contribution >= 0.6 is 11.6 Å². The Kier molecular flexibility index (Phi) is 4.56. The summed E-state index contributed by atoms with van der Waals surface area (Å²) in [6, 6.07) is 1.46. The topological polar surface area (TPSA) is 26.3 Å². The molecule has 0 aromatic heterocycles. The second kappa shape index (κ2) is 5.56. The first kappa shape index (κ1) is 14.8. The van der Waals surface area contributed by atoms with E-state index in [-0.39, 0.29) is 11.6 Å². The summed E-state index contributed by atoms with van der Waals surface area (Å²) in [7, 11) is 0. The van der Waals surface area contributed by atoms with Crippen molar-refractivity contribution >= 4 is 17.6 Å². The number of alkyl halides is 3. The molecule has 1 aromatic carbocycles. The molecule has 1 rings (SSSR count). The van der Waals surface area contributed by atoms with Crippen LogP contribution in [0.5, 0.6) is 0 Å². The zero-order chi connectivity index (χ0) is 13.9. The molecule has 0 radical (unpaired) electrons. The highest BCUT2D eigenvalue weighted by Gasteiger charge is 2.37. The third kappa shape index (κ3) is 3.60. The van der Waals surface area contributed by atoms with Crippen LogP contribution in [-0.2, 0) is 22.1 Å². The van der Waals surface area contributed by atoms with Gasteiger partial charge in [-0.15, -0.1) is 0 Å². The Morgan fingerprint density at radius 2 is 2.00 bits per heavy atom.